The SMILES string of the molecule is BC(B)(C)C(CC)C(CC)CCC. The van der Waals surface area contributed by atoms with Crippen molar-refractivity contribution in [3.05, 3.63) is 0 Å². The van der Waals surface area contributed by atoms with Crippen LogP contribution in [0.15, 0.2) is 0 Å². The zero-order chi connectivity index (χ0) is 10.5. The molecule has 0 fully saturated rings. The standard InChI is InChI=1S/C11H26B2/c1-5-8-9(6-2)10(7-3)11(4,12)13/h9-10H,5-8,12-13H2,1-4H3. The van der Waals surface area contributed by atoms with E-state index in [1.54, 1.807) is 0 Å². The van der Waals surface area contributed by atoms with E-state index in [1.807, 2.05) is 0 Å². The molecule has 76 valence electrons. The Labute approximate surface area is 86.7 Å². The van der Waals surface area contributed by atoms with Crippen molar-refractivity contribution in [2.24, 2.45) is 11.8 Å². The largest absolute Gasteiger partial charge is 0.0992 e. The zero-order valence-corrected chi connectivity index (χ0v) is 10.5. The van der Waals surface area contributed by atoms with E-state index in [2.05, 4.69) is 43.4 Å². The van der Waals surface area contributed by atoms with E-state index in [4.69, 9.17) is 0 Å². The lowest BCUT2D eigenvalue weighted by Crippen LogP contribution is -2.27. The van der Waals surface area contributed by atoms with Crippen molar-refractivity contribution in [3.8, 4) is 0 Å². The second-order valence-electron chi connectivity index (χ2n) is 5.34. The Balaban J connectivity index is 4.34. The van der Waals surface area contributed by atoms with E-state index in [0.717, 1.165) is 11.8 Å². The third kappa shape index (κ3) is 4.24. The van der Waals surface area contributed by atoms with Gasteiger partial charge in [0.2, 0.25) is 0 Å². The molecule has 0 aliphatic rings. The minimum Gasteiger partial charge on any atom is -0.0842 e. The molecule has 2 heteroatoms. The molecule has 0 spiro atoms. The molecule has 0 heterocycles. The highest BCUT2D eigenvalue weighted by Gasteiger charge is 2.28. The molecular formula is C11H26B2. The Morgan fingerprint density at radius 3 is 1.85 bits per heavy atom. The Bertz CT molecular complexity index is 127. The lowest BCUT2D eigenvalue weighted by molar-refractivity contribution is 0.268. The summed E-state index contributed by atoms with van der Waals surface area (Å²) in [5.41, 5.74) is 0. The van der Waals surface area contributed by atoms with E-state index in [1.165, 1.54) is 25.7 Å². The lowest BCUT2D eigenvalue weighted by atomic mass is 9.46. The summed E-state index contributed by atoms with van der Waals surface area (Å²) in [6, 6.07) is 0. The maximum absolute atomic E-state index is 2.39. The van der Waals surface area contributed by atoms with Gasteiger partial charge >= 0.3 is 0 Å². The molecule has 0 aliphatic heterocycles. The van der Waals surface area contributed by atoms with Gasteiger partial charge in [-0.3, -0.25) is 0 Å². The summed E-state index contributed by atoms with van der Waals surface area (Å²) in [5, 5.41) is 0.491. The minimum absolute atomic E-state index is 0.491. The molecule has 0 radical (unpaired) electrons. The van der Waals surface area contributed by atoms with Gasteiger partial charge in [-0.25, -0.2) is 0 Å². The van der Waals surface area contributed by atoms with E-state index in [9.17, 15) is 0 Å². The topological polar surface area (TPSA) is 0 Å². The average Bonchev–Trinajstić information content (AvgIpc) is 2.01. The highest BCUT2D eigenvalue weighted by atomic mass is 14.3. The van der Waals surface area contributed by atoms with Crippen molar-refractivity contribution in [1.29, 1.82) is 0 Å². The van der Waals surface area contributed by atoms with Crippen LogP contribution in [0.1, 0.15) is 53.4 Å². The fourth-order valence-electron chi connectivity index (χ4n) is 2.71. The van der Waals surface area contributed by atoms with Crippen LogP contribution >= 0.6 is 0 Å². The molecule has 0 amide bonds. The van der Waals surface area contributed by atoms with Crippen LogP contribution in [-0.4, -0.2) is 15.7 Å². The van der Waals surface area contributed by atoms with Crippen LogP contribution in [-0.2, 0) is 0 Å². The first kappa shape index (κ1) is 13.1. The van der Waals surface area contributed by atoms with Gasteiger partial charge in [-0.2, -0.15) is 0 Å². The quantitative estimate of drug-likeness (QED) is 0.549. The highest BCUT2D eigenvalue weighted by Crippen LogP contribution is 2.39. The van der Waals surface area contributed by atoms with E-state index in [-0.39, 0.29) is 0 Å². The van der Waals surface area contributed by atoms with Crippen LogP contribution in [0.3, 0.4) is 0 Å². The minimum atomic E-state index is 0.491. The van der Waals surface area contributed by atoms with Crippen LogP contribution in [0.4, 0.5) is 0 Å². The van der Waals surface area contributed by atoms with Gasteiger partial charge in [0.05, 0.1) is 15.7 Å². The van der Waals surface area contributed by atoms with Gasteiger partial charge < -0.3 is 0 Å². The predicted octanol–water partition coefficient (Wildman–Crippen LogP) is 2.24. The summed E-state index contributed by atoms with van der Waals surface area (Å²) < 4.78 is 0. The second-order valence-corrected chi connectivity index (χ2v) is 5.34. The van der Waals surface area contributed by atoms with Crippen molar-refractivity contribution in [1.82, 2.24) is 0 Å². The van der Waals surface area contributed by atoms with E-state index < -0.39 is 0 Å². The fourth-order valence-corrected chi connectivity index (χ4v) is 2.71. The molecule has 0 saturated carbocycles. The van der Waals surface area contributed by atoms with Gasteiger partial charge in [0.15, 0.2) is 0 Å². The maximum Gasteiger partial charge on any atom is 0.0992 e. The van der Waals surface area contributed by atoms with Crippen molar-refractivity contribution < 1.29 is 0 Å². The van der Waals surface area contributed by atoms with Crippen molar-refractivity contribution in [2.75, 3.05) is 0 Å². The van der Waals surface area contributed by atoms with E-state index in [0.29, 0.717) is 5.21 Å². The van der Waals surface area contributed by atoms with Crippen LogP contribution in [0.5, 0.6) is 0 Å². The maximum atomic E-state index is 2.39. The molecule has 0 aromatic rings. The monoisotopic (exact) mass is 180 g/mol. The van der Waals surface area contributed by atoms with Gasteiger partial charge in [0.25, 0.3) is 0 Å². The van der Waals surface area contributed by atoms with Gasteiger partial charge in [-0.1, -0.05) is 58.6 Å². The normalized spacial score (nSPS) is 16.9. The summed E-state index contributed by atoms with van der Waals surface area (Å²) in [7, 11) is 4.78. The summed E-state index contributed by atoms with van der Waals surface area (Å²) in [4.78, 5) is 0. The molecule has 0 saturated heterocycles. The third-order valence-electron chi connectivity index (χ3n) is 3.31. The predicted molar refractivity (Wildman–Crippen MR) is 67.9 cm³/mol. The molecule has 0 aromatic heterocycles. The molecule has 0 N–H and O–H groups in total. The molecule has 13 heavy (non-hydrogen) atoms. The smallest absolute Gasteiger partial charge is 0.0842 e. The lowest BCUT2D eigenvalue weighted by Gasteiger charge is -2.36. The molecule has 0 bridgehead atoms. The van der Waals surface area contributed by atoms with Crippen molar-refractivity contribution in [2.45, 2.75) is 58.6 Å². The highest BCUT2D eigenvalue weighted by molar-refractivity contribution is 6.39. The van der Waals surface area contributed by atoms with Gasteiger partial charge in [-0.15, -0.1) is 0 Å². The summed E-state index contributed by atoms with van der Waals surface area (Å²) in [6.07, 6.45) is 5.43. The number of rotatable bonds is 6. The van der Waals surface area contributed by atoms with Crippen molar-refractivity contribution >= 4 is 15.7 Å². The first-order chi connectivity index (χ1) is 5.97. The second kappa shape index (κ2) is 5.78. The van der Waals surface area contributed by atoms with Crippen LogP contribution in [0, 0.1) is 11.8 Å². The van der Waals surface area contributed by atoms with Crippen molar-refractivity contribution in [3.63, 3.8) is 0 Å². The zero-order valence-electron chi connectivity index (χ0n) is 10.5. The summed E-state index contributed by atoms with van der Waals surface area (Å²) >= 11 is 0. The molecule has 0 rings (SSSR count). The summed E-state index contributed by atoms with van der Waals surface area (Å²) in [5.74, 6) is 1.84. The van der Waals surface area contributed by atoms with Gasteiger partial charge in [0.1, 0.15) is 0 Å². The Morgan fingerprint density at radius 1 is 1.08 bits per heavy atom. The summed E-state index contributed by atoms with van der Waals surface area (Å²) in [6.45, 7) is 9.38. The molecule has 2 unspecified atom stereocenters. The Hall–Kier alpha value is 0.130. The van der Waals surface area contributed by atoms with Gasteiger partial charge in [-0.05, 0) is 11.8 Å². The molecule has 0 aliphatic carbocycles. The molecule has 0 nitrogen and oxygen atoms in total. The first-order valence-electron chi connectivity index (χ1n) is 5.97. The Morgan fingerprint density at radius 2 is 1.62 bits per heavy atom. The first-order valence-corrected chi connectivity index (χ1v) is 5.97. The fraction of sp³-hybridized carbons (Fsp3) is 1.00. The molecular weight excluding hydrogens is 154 g/mol. The molecule has 0 aromatic carbocycles. The number of hydrogen-bond acceptors (Lipinski definition) is 0. The number of hydrogen-bond donors (Lipinski definition) is 0. The van der Waals surface area contributed by atoms with Crippen LogP contribution in [0.2, 0.25) is 5.21 Å². The van der Waals surface area contributed by atoms with Crippen LogP contribution in [0.25, 0.3) is 0 Å². The molecule has 2 atom stereocenters. The van der Waals surface area contributed by atoms with Gasteiger partial charge in [0, 0.05) is 0 Å². The van der Waals surface area contributed by atoms with Crippen LogP contribution < -0.4 is 0 Å². The third-order valence-corrected chi connectivity index (χ3v) is 3.31. The van der Waals surface area contributed by atoms with E-state index >= 15 is 0 Å². The average molecular weight is 180 g/mol. The Kier molecular flexibility index (Phi) is 5.83.